The summed E-state index contributed by atoms with van der Waals surface area (Å²) < 4.78 is 21.0. The number of rotatable bonds is 16. The van der Waals surface area contributed by atoms with Crippen LogP contribution in [0.5, 0.6) is 0 Å². The van der Waals surface area contributed by atoms with Crippen molar-refractivity contribution in [2.24, 2.45) is 10.7 Å². The summed E-state index contributed by atoms with van der Waals surface area (Å²) in [6.45, 7) is 16.1. The lowest BCUT2D eigenvalue weighted by atomic mass is 10.1. The van der Waals surface area contributed by atoms with E-state index in [1.165, 1.54) is 6.34 Å². The van der Waals surface area contributed by atoms with Crippen molar-refractivity contribution in [3.05, 3.63) is 29.8 Å². The highest BCUT2D eigenvalue weighted by atomic mass is 16.6. The number of nitrogens with one attached hydrogen (secondary N) is 1. The molecule has 0 aliphatic rings. The molecule has 194 valence electrons. The molecule has 9 nitrogen and oxygen atoms in total. The van der Waals surface area contributed by atoms with Crippen LogP contribution >= 0.6 is 0 Å². The minimum atomic E-state index is -0.838. The van der Waals surface area contributed by atoms with Crippen molar-refractivity contribution in [1.29, 1.82) is 0 Å². The maximum atomic E-state index is 10.3. The summed E-state index contributed by atoms with van der Waals surface area (Å²) in [7, 11) is 1.90. The Morgan fingerprint density at radius 1 is 0.909 bits per heavy atom. The fourth-order valence-corrected chi connectivity index (χ4v) is 1.94. The molecule has 33 heavy (non-hydrogen) atoms. The molecular weight excluding hydrogens is 426 g/mol. The normalized spacial score (nSPS) is 9.76. The Kier molecular flexibility index (Phi) is 34.6. The van der Waals surface area contributed by atoms with E-state index in [2.05, 4.69) is 10.3 Å². The van der Waals surface area contributed by atoms with Gasteiger partial charge in [-0.05, 0) is 31.7 Å². The summed E-state index contributed by atoms with van der Waals surface area (Å²) in [5, 5.41) is 11.5. The van der Waals surface area contributed by atoms with Gasteiger partial charge in [0.15, 0.2) is 0 Å². The maximum Gasteiger partial charge on any atom is 0.307 e. The molecule has 0 spiro atoms. The first-order valence-electron chi connectivity index (χ1n) is 11.6. The average Bonchev–Trinajstić information content (AvgIpc) is 2.84. The topological polar surface area (TPSA) is 125 Å². The molecule has 0 heterocycles. The first-order valence-corrected chi connectivity index (χ1v) is 11.6. The number of carboxylic acid groups (broad SMARTS) is 1. The van der Waals surface area contributed by atoms with E-state index in [-0.39, 0.29) is 6.42 Å². The lowest BCUT2D eigenvalue weighted by molar-refractivity contribution is -0.136. The lowest BCUT2D eigenvalue weighted by Gasteiger charge is -2.06. The third-order valence-corrected chi connectivity index (χ3v) is 3.33. The van der Waals surface area contributed by atoms with Gasteiger partial charge in [0.2, 0.25) is 0 Å². The number of carboxylic acids is 1. The van der Waals surface area contributed by atoms with Gasteiger partial charge in [0.25, 0.3) is 0 Å². The Morgan fingerprint density at radius 2 is 1.36 bits per heavy atom. The first-order chi connectivity index (χ1) is 16.1. The van der Waals surface area contributed by atoms with Crippen molar-refractivity contribution < 1.29 is 28.8 Å². The number of aliphatic carboxylic acids is 1. The Labute approximate surface area is 200 Å². The van der Waals surface area contributed by atoms with E-state index < -0.39 is 5.97 Å². The molecule has 0 bridgehead atoms. The van der Waals surface area contributed by atoms with E-state index in [0.29, 0.717) is 39.6 Å². The maximum absolute atomic E-state index is 10.3. The summed E-state index contributed by atoms with van der Waals surface area (Å²) in [4.78, 5) is 14.2. The van der Waals surface area contributed by atoms with Crippen LogP contribution in [0, 0.1) is 0 Å². The second-order valence-electron chi connectivity index (χ2n) is 5.65. The fraction of sp³-hybridized carbons (Fsp3) is 0.667. The van der Waals surface area contributed by atoms with Gasteiger partial charge in [0.05, 0.1) is 64.7 Å². The monoisotopic (exact) mass is 473 g/mol. The van der Waals surface area contributed by atoms with Gasteiger partial charge in [-0.15, -0.1) is 0 Å². The molecule has 0 aliphatic carbocycles. The predicted molar refractivity (Wildman–Crippen MR) is 136 cm³/mol. The van der Waals surface area contributed by atoms with Crippen LogP contribution in [-0.2, 0) is 30.2 Å². The third-order valence-electron chi connectivity index (χ3n) is 3.33. The van der Waals surface area contributed by atoms with Gasteiger partial charge in [0, 0.05) is 13.2 Å². The summed E-state index contributed by atoms with van der Waals surface area (Å²) in [6.07, 6.45) is 1.23. The van der Waals surface area contributed by atoms with Crippen molar-refractivity contribution in [3.63, 3.8) is 0 Å². The average molecular weight is 474 g/mol. The largest absolute Gasteiger partial charge is 0.481 e. The number of likely N-dealkylation sites (N-methyl/N-ethyl adjacent to an activating group) is 1. The van der Waals surface area contributed by atoms with Crippen LogP contribution in [0.15, 0.2) is 29.3 Å². The highest BCUT2D eigenvalue weighted by Gasteiger charge is 1.99. The lowest BCUT2D eigenvalue weighted by Crippen LogP contribution is -2.17. The van der Waals surface area contributed by atoms with Gasteiger partial charge in [-0.2, -0.15) is 0 Å². The molecule has 0 radical (unpaired) electrons. The fourth-order valence-electron chi connectivity index (χ4n) is 1.94. The zero-order chi connectivity index (χ0) is 25.6. The first kappa shape index (κ1) is 35.5. The van der Waals surface area contributed by atoms with Crippen LogP contribution in [0.1, 0.15) is 40.2 Å². The molecule has 4 N–H and O–H groups in total. The molecule has 0 amide bonds. The van der Waals surface area contributed by atoms with Gasteiger partial charge in [0.1, 0.15) is 0 Å². The van der Waals surface area contributed by atoms with Crippen LogP contribution in [0.2, 0.25) is 0 Å². The zero-order valence-electron chi connectivity index (χ0n) is 21.5. The molecule has 0 saturated heterocycles. The van der Waals surface area contributed by atoms with E-state index >= 15 is 0 Å². The van der Waals surface area contributed by atoms with Crippen molar-refractivity contribution in [2.45, 2.75) is 41.0 Å². The smallest absolute Gasteiger partial charge is 0.307 e. The molecule has 0 fully saturated rings. The molecule has 0 saturated carbocycles. The number of nitrogens with zero attached hydrogens (tertiary/aromatic N) is 1. The van der Waals surface area contributed by atoms with Crippen molar-refractivity contribution in [3.8, 4) is 0 Å². The predicted octanol–water partition coefficient (Wildman–Crippen LogP) is 3.28. The molecule has 0 unspecified atom stereocenters. The highest BCUT2D eigenvalue weighted by Crippen LogP contribution is 2.12. The zero-order valence-corrected chi connectivity index (χ0v) is 21.5. The quantitative estimate of drug-likeness (QED) is 0.190. The van der Waals surface area contributed by atoms with Crippen LogP contribution in [0.4, 0.5) is 5.69 Å². The summed E-state index contributed by atoms with van der Waals surface area (Å²) in [6, 6.07) is 6.89. The number of nitrogens with two attached hydrogens (primary N) is 1. The number of hydrogen-bond acceptors (Lipinski definition) is 7. The van der Waals surface area contributed by atoms with Crippen molar-refractivity contribution >= 4 is 18.0 Å². The molecular formula is C24H47N3O6. The standard InChI is InChI=1S/C11H25NO4.C9H10N2O2.2C2H6/c1-3-13-6-7-15-10-11-16-9-8-14-5-4-12-2;10-6-11-8-3-1-7(2-4-8)5-9(12)13;2*1-2/h12H,3-11H2,1-2H3;1-4,6H,5H2,(H2,10,11)(H,12,13);2*1-2H3. The van der Waals surface area contributed by atoms with Gasteiger partial charge < -0.3 is 35.1 Å². The second-order valence-corrected chi connectivity index (χ2v) is 5.65. The van der Waals surface area contributed by atoms with Crippen LogP contribution in [0.25, 0.3) is 0 Å². The van der Waals surface area contributed by atoms with Crippen LogP contribution in [0.3, 0.4) is 0 Å². The molecule has 9 heteroatoms. The summed E-state index contributed by atoms with van der Waals surface area (Å²) in [5.41, 5.74) is 6.57. The Hall–Kier alpha value is -2.04. The highest BCUT2D eigenvalue weighted by molar-refractivity contribution is 5.70. The Morgan fingerprint density at radius 3 is 1.76 bits per heavy atom. The summed E-state index contributed by atoms with van der Waals surface area (Å²) >= 11 is 0. The van der Waals surface area contributed by atoms with Crippen molar-refractivity contribution in [1.82, 2.24) is 5.32 Å². The van der Waals surface area contributed by atoms with E-state index in [4.69, 9.17) is 29.8 Å². The Balaban J connectivity index is -0.000000479. The van der Waals surface area contributed by atoms with Crippen LogP contribution < -0.4 is 11.1 Å². The van der Waals surface area contributed by atoms with Crippen molar-refractivity contribution in [2.75, 3.05) is 66.4 Å². The third kappa shape index (κ3) is 30.0. The van der Waals surface area contributed by atoms with E-state index in [9.17, 15) is 4.79 Å². The Bertz CT molecular complexity index is 513. The van der Waals surface area contributed by atoms with Gasteiger partial charge in [-0.1, -0.05) is 39.8 Å². The molecule has 0 aromatic heterocycles. The van der Waals surface area contributed by atoms with E-state index in [1.54, 1.807) is 24.3 Å². The summed E-state index contributed by atoms with van der Waals surface area (Å²) in [5.74, 6) is -0.838. The van der Waals surface area contributed by atoms with Gasteiger partial charge in [-0.3, -0.25) is 4.79 Å². The minimum Gasteiger partial charge on any atom is -0.481 e. The van der Waals surface area contributed by atoms with E-state index in [0.717, 1.165) is 31.0 Å². The molecule has 1 aromatic carbocycles. The number of ether oxygens (including phenoxy) is 4. The molecule has 1 rings (SSSR count). The van der Waals surface area contributed by atoms with Gasteiger partial charge in [-0.25, -0.2) is 4.99 Å². The number of hydrogen-bond donors (Lipinski definition) is 3. The molecule has 1 aromatic rings. The number of aliphatic imine (C=N–C) groups is 1. The SMILES string of the molecule is CC.CC.CCOCCOCCOCCOCCNC.NC=Nc1ccc(CC(=O)O)cc1. The second kappa shape index (κ2) is 32.1. The minimum absolute atomic E-state index is 0.0343. The van der Waals surface area contributed by atoms with Crippen LogP contribution in [-0.4, -0.2) is 83.9 Å². The van der Waals surface area contributed by atoms with Gasteiger partial charge >= 0.3 is 5.97 Å². The molecule has 0 atom stereocenters. The van der Waals surface area contributed by atoms with E-state index in [1.807, 2.05) is 41.7 Å². The molecule has 0 aliphatic heterocycles. The number of benzene rings is 1. The number of carbonyl (C=O) groups is 1.